The van der Waals surface area contributed by atoms with Crippen molar-refractivity contribution in [1.82, 2.24) is 0 Å². The van der Waals surface area contributed by atoms with E-state index >= 15 is 0 Å². The molecule has 0 aromatic heterocycles. The monoisotopic (exact) mass is 161 g/mol. The number of nitrogens with one attached hydrogen (secondary N) is 1. The van der Waals surface area contributed by atoms with E-state index in [1.807, 2.05) is 0 Å². The first-order valence-electron chi connectivity index (χ1n) is 4.62. The van der Waals surface area contributed by atoms with Crippen LogP contribution in [0, 0.1) is 5.92 Å². The van der Waals surface area contributed by atoms with Crippen LogP contribution in [0.3, 0.4) is 0 Å². The van der Waals surface area contributed by atoms with Gasteiger partial charge in [-0.1, -0.05) is 25.1 Å². The van der Waals surface area contributed by atoms with Crippen molar-refractivity contribution >= 4 is 5.69 Å². The van der Waals surface area contributed by atoms with Crippen LogP contribution < -0.4 is 5.32 Å². The molecule has 0 amide bonds. The summed E-state index contributed by atoms with van der Waals surface area (Å²) in [4.78, 5) is 0. The zero-order valence-electron chi connectivity index (χ0n) is 7.67. The standard InChI is InChI=1S/C11H15N/c1-8-7-10-5-3-4-6-11(10)12-9(8)2/h3-6,8-9,12H,7H2,1-2H3/t8-,9+/m1/s1. The molecule has 0 spiro atoms. The van der Waals surface area contributed by atoms with E-state index in [4.69, 9.17) is 0 Å². The Balaban J connectivity index is 2.34. The smallest absolute Gasteiger partial charge is 0.0374 e. The number of fused-ring (bicyclic) bond motifs is 1. The van der Waals surface area contributed by atoms with Gasteiger partial charge in [0.25, 0.3) is 0 Å². The number of hydrogen-bond donors (Lipinski definition) is 1. The van der Waals surface area contributed by atoms with Crippen molar-refractivity contribution in [3.63, 3.8) is 0 Å². The normalized spacial score (nSPS) is 27.5. The molecule has 0 unspecified atom stereocenters. The summed E-state index contributed by atoms with van der Waals surface area (Å²) in [5.74, 6) is 0.750. The maximum absolute atomic E-state index is 3.51. The molecule has 1 N–H and O–H groups in total. The molecule has 12 heavy (non-hydrogen) atoms. The summed E-state index contributed by atoms with van der Waals surface area (Å²) in [6, 6.07) is 9.19. The Hall–Kier alpha value is -0.980. The molecule has 1 heterocycles. The average molecular weight is 161 g/mol. The van der Waals surface area contributed by atoms with Crippen LogP contribution in [0.1, 0.15) is 19.4 Å². The predicted molar refractivity (Wildman–Crippen MR) is 52.4 cm³/mol. The second-order valence-corrected chi connectivity index (χ2v) is 3.77. The molecule has 0 aliphatic carbocycles. The topological polar surface area (TPSA) is 12.0 Å². The molecule has 1 nitrogen and oxygen atoms in total. The first-order valence-corrected chi connectivity index (χ1v) is 4.62. The van der Waals surface area contributed by atoms with Crippen molar-refractivity contribution in [2.75, 3.05) is 5.32 Å². The second-order valence-electron chi connectivity index (χ2n) is 3.77. The molecule has 2 atom stereocenters. The van der Waals surface area contributed by atoms with Crippen LogP contribution in [0.2, 0.25) is 0 Å². The van der Waals surface area contributed by atoms with E-state index in [0.29, 0.717) is 6.04 Å². The zero-order valence-corrected chi connectivity index (χ0v) is 7.67. The number of para-hydroxylation sites is 1. The zero-order chi connectivity index (χ0) is 8.55. The minimum absolute atomic E-state index is 0.611. The fourth-order valence-electron chi connectivity index (χ4n) is 1.75. The highest BCUT2D eigenvalue weighted by atomic mass is 14.9. The molecule has 1 heteroatoms. The lowest BCUT2D eigenvalue weighted by Crippen LogP contribution is -2.30. The Morgan fingerprint density at radius 2 is 2.00 bits per heavy atom. The molecule has 0 bridgehead atoms. The van der Waals surface area contributed by atoms with Gasteiger partial charge >= 0.3 is 0 Å². The lowest BCUT2D eigenvalue weighted by Gasteiger charge is -2.29. The summed E-state index contributed by atoms with van der Waals surface area (Å²) in [6.07, 6.45) is 1.21. The fourth-order valence-corrected chi connectivity index (χ4v) is 1.75. The Labute approximate surface area is 73.8 Å². The van der Waals surface area contributed by atoms with Crippen LogP contribution in [0.25, 0.3) is 0 Å². The number of benzene rings is 1. The molecule has 0 saturated heterocycles. The number of hydrogen-bond acceptors (Lipinski definition) is 1. The SMILES string of the molecule is C[C@@H]1Cc2ccccc2N[C@H]1C. The summed E-state index contributed by atoms with van der Waals surface area (Å²) in [7, 11) is 0. The van der Waals surface area contributed by atoms with Crippen molar-refractivity contribution in [2.24, 2.45) is 5.92 Å². The van der Waals surface area contributed by atoms with E-state index in [9.17, 15) is 0 Å². The fraction of sp³-hybridized carbons (Fsp3) is 0.455. The Morgan fingerprint density at radius 1 is 1.25 bits per heavy atom. The lowest BCUT2D eigenvalue weighted by atomic mass is 9.90. The van der Waals surface area contributed by atoms with Gasteiger partial charge in [-0.15, -0.1) is 0 Å². The lowest BCUT2D eigenvalue weighted by molar-refractivity contribution is 0.491. The van der Waals surface area contributed by atoms with Crippen LogP contribution in [0.15, 0.2) is 24.3 Å². The van der Waals surface area contributed by atoms with E-state index in [-0.39, 0.29) is 0 Å². The van der Waals surface area contributed by atoms with E-state index in [1.54, 1.807) is 0 Å². The van der Waals surface area contributed by atoms with Crippen molar-refractivity contribution in [3.05, 3.63) is 29.8 Å². The molecule has 2 rings (SSSR count). The second kappa shape index (κ2) is 2.81. The highest BCUT2D eigenvalue weighted by molar-refractivity contribution is 5.53. The van der Waals surface area contributed by atoms with E-state index in [1.165, 1.54) is 17.7 Å². The Kier molecular flexibility index (Phi) is 1.80. The summed E-state index contributed by atoms with van der Waals surface area (Å²) < 4.78 is 0. The number of rotatable bonds is 0. The van der Waals surface area contributed by atoms with Gasteiger partial charge in [-0.05, 0) is 30.9 Å². The third-order valence-electron chi connectivity index (χ3n) is 2.80. The molecule has 0 radical (unpaired) electrons. The van der Waals surface area contributed by atoms with Crippen molar-refractivity contribution in [2.45, 2.75) is 26.3 Å². The summed E-state index contributed by atoms with van der Waals surface area (Å²) in [5, 5.41) is 3.51. The van der Waals surface area contributed by atoms with Crippen LogP contribution in [0.4, 0.5) is 5.69 Å². The van der Waals surface area contributed by atoms with Crippen LogP contribution in [-0.4, -0.2) is 6.04 Å². The van der Waals surface area contributed by atoms with E-state index in [2.05, 4.69) is 43.4 Å². The maximum Gasteiger partial charge on any atom is 0.0374 e. The average Bonchev–Trinajstić information content (AvgIpc) is 2.07. The highest BCUT2D eigenvalue weighted by Crippen LogP contribution is 2.27. The predicted octanol–water partition coefficient (Wildman–Crippen LogP) is 2.68. The van der Waals surface area contributed by atoms with Gasteiger partial charge in [0.15, 0.2) is 0 Å². The van der Waals surface area contributed by atoms with Gasteiger partial charge < -0.3 is 5.32 Å². The molecule has 1 aliphatic heterocycles. The van der Waals surface area contributed by atoms with Crippen LogP contribution >= 0.6 is 0 Å². The van der Waals surface area contributed by atoms with Crippen LogP contribution in [-0.2, 0) is 6.42 Å². The van der Waals surface area contributed by atoms with Crippen molar-refractivity contribution < 1.29 is 0 Å². The summed E-state index contributed by atoms with van der Waals surface area (Å²) >= 11 is 0. The molecule has 1 aromatic rings. The quantitative estimate of drug-likeness (QED) is 0.617. The van der Waals surface area contributed by atoms with Gasteiger partial charge in [0.1, 0.15) is 0 Å². The Bertz CT molecular complexity index is 251. The van der Waals surface area contributed by atoms with Gasteiger partial charge in [0.2, 0.25) is 0 Å². The molecule has 64 valence electrons. The minimum Gasteiger partial charge on any atom is -0.382 e. The minimum atomic E-state index is 0.611. The van der Waals surface area contributed by atoms with Gasteiger partial charge in [-0.2, -0.15) is 0 Å². The molecular formula is C11H15N. The molecule has 0 fully saturated rings. The summed E-state index contributed by atoms with van der Waals surface area (Å²) in [6.45, 7) is 4.55. The van der Waals surface area contributed by atoms with E-state index in [0.717, 1.165) is 5.92 Å². The molecule has 1 aliphatic rings. The Morgan fingerprint density at radius 3 is 2.83 bits per heavy atom. The first-order chi connectivity index (χ1) is 5.77. The number of anilines is 1. The largest absolute Gasteiger partial charge is 0.382 e. The van der Waals surface area contributed by atoms with Gasteiger partial charge in [-0.25, -0.2) is 0 Å². The van der Waals surface area contributed by atoms with Gasteiger partial charge in [0.05, 0.1) is 0 Å². The molecule has 0 saturated carbocycles. The van der Waals surface area contributed by atoms with Gasteiger partial charge in [-0.3, -0.25) is 0 Å². The maximum atomic E-state index is 3.51. The van der Waals surface area contributed by atoms with Gasteiger partial charge in [0, 0.05) is 11.7 Å². The van der Waals surface area contributed by atoms with Crippen molar-refractivity contribution in [3.8, 4) is 0 Å². The van der Waals surface area contributed by atoms with Crippen molar-refractivity contribution in [1.29, 1.82) is 0 Å². The third-order valence-corrected chi connectivity index (χ3v) is 2.80. The van der Waals surface area contributed by atoms with E-state index < -0.39 is 0 Å². The first kappa shape index (κ1) is 7.66. The summed E-state index contributed by atoms with van der Waals surface area (Å²) in [5.41, 5.74) is 2.78. The highest BCUT2D eigenvalue weighted by Gasteiger charge is 2.19. The molecule has 1 aromatic carbocycles. The van der Waals surface area contributed by atoms with Crippen LogP contribution in [0.5, 0.6) is 0 Å². The molecular weight excluding hydrogens is 146 g/mol. The third kappa shape index (κ3) is 1.20.